The van der Waals surface area contributed by atoms with E-state index in [-0.39, 0.29) is 11.9 Å². The Morgan fingerprint density at radius 3 is 2.82 bits per heavy atom. The van der Waals surface area contributed by atoms with Gasteiger partial charge in [0.15, 0.2) is 5.76 Å². The fraction of sp³-hybridized carbons (Fsp3) is 0.364. The van der Waals surface area contributed by atoms with Crippen molar-refractivity contribution in [2.75, 3.05) is 13.1 Å². The topological polar surface area (TPSA) is 63.3 Å². The number of hydrogen-bond acceptors (Lipinski definition) is 4. The molecule has 0 bridgehead atoms. The summed E-state index contributed by atoms with van der Waals surface area (Å²) in [6.07, 6.45) is 7.40. The molecule has 1 fully saturated rings. The Morgan fingerprint density at radius 1 is 1.18 bits per heavy atom. The highest BCUT2D eigenvalue weighted by molar-refractivity contribution is 5.91. The second-order valence-electron chi connectivity index (χ2n) is 7.28. The van der Waals surface area contributed by atoms with E-state index in [1.807, 2.05) is 42.6 Å². The predicted octanol–water partition coefficient (Wildman–Crippen LogP) is 3.94. The van der Waals surface area contributed by atoms with E-state index in [9.17, 15) is 4.79 Å². The van der Waals surface area contributed by atoms with Crippen molar-refractivity contribution in [3.05, 3.63) is 71.9 Å². The van der Waals surface area contributed by atoms with Crippen LogP contribution in [0, 0.1) is 0 Å². The molecule has 3 aromatic rings. The summed E-state index contributed by atoms with van der Waals surface area (Å²) in [5.41, 5.74) is 1.97. The van der Waals surface area contributed by atoms with Crippen molar-refractivity contribution in [3.8, 4) is 5.69 Å². The minimum Gasteiger partial charge on any atom is -0.454 e. The number of carbonyl (C=O) groups excluding carboxylic acids is 1. The zero-order chi connectivity index (χ0) is 19.3. The minimum absolute atomic E-state index is 0.193. The van der Waals surface area contributed by atoms with Crippen LogP contribution in [0.1, 0.15) is 54.1 Å². The van der Waals surface area contributed by atoms with Gasteiger partial charge in [-0.25, -0.2) is 4.68 Å². The Kier molecular flexibility index (Phi) is 5.58. The SMILES string of the molecule is CC(c1ccc(C(=O)NCc2cccc(-n3cccn3)c2)o1)N1CCCCC1. The number of carbonyl (C=O) groups is 1. The molecule has 1 saturated heterocycles. The highest BCUT2D eigenvalue weighted by Crippen LogP contribution is 2.25. The van der Waals surface area contributed by atoms with E-state index in [1.54, 1.807) is 16.9 Å². The third-order valence-corrected chi connectivity index (χ3v) is 5.33. The molecule has 1 unspecified atom stereocenters. The number of aromatic nitrogens is 2. The summed E-state index contributed by atoms with van der Waals surface area (Å²) in [4.78, 5) is 14.9. The molecule has 1 N–H and O–H groups in total. The van der Waals surface area contributed by atoms with Gasteiger partial charge >= 0.3 is 0 Å². The van der Waals surface area contributed by atoms with Crippen molar-refractivity contribution in [3.63, 3.8) is 0 Å². The molecule has 1 atom stereocenters. The number of likely N-dealkylation sites (tertiary alicyclic amines) is 1. The molecule has 1 aliphatic rings. The summed E-state index contributed by atoms with van der Waals surface area (Å²) in [5, 5.41) is 7.18. The van der Waals surface area contributed by atoms with Crippen molar-refractivity contribution in [2.45, 2.75) is 38.8 Å². The van der Waals surface area contributed by atoms with Gasteiger partial charge in [-0.1, -0.05) is 18.6 Å². The average Bonchev–Trinajstić information content (AvgIpc) is 3.45. The average molecular weight is 378 g/mol. The molecule has 1 aromatic carbocycles. The van der Waals surface area contributed by atoms with Gasteiger partial charge in [-0.05, 0) is 68.8 Å². The van der Waals surface area contributed by atoms with Crippen LogP contribution in [0.5, 0.6) is 0 Å². The van der Waals surface area contributed by atoms with Crippen molar-refractivity contribution < 1.29 is 9.21 Å². The first kappa shape index (κ1) is 18.5. The molecule has 2 aromatic heterocycles. The molecule has 0 aliphatic carbocycles. The second kappa shape index (κ2) is 8.44. The molecule has 28 heavy (non-hydrogen) atoms. The lowest BCUT2D eigenvalue weighted by molar-refractivity contribution is 0.0914. The first-order chi connectivity index (χ1) is 13.7. The number of hydrogen-bond donors (Lipinski definition) is 1. The van der Waals surface area contributed by atoms with Crippen LogP contribution in [0.25, 0.3) is 5.69 Å². The molecular formula is C22H26N4O2. The lowest BCUT2D eigenvalue weighted by Crippen LogP contribution is -2.32. The van der Waals surface area contributed by atoms with Gasteiger partial charge in [0, 0.05) is 18.9 Å². The molecule has 1 amide bonds. The Hall–Kier alpha value is -2.86. The van der Waals surface area contributed by atoms with E-state index in [4.69, 9.17) is 4.42 Å². The number of furan rings is 1. The molecule has 0 spiro atoms. The molecule has 3 heterocycles. The van der Waals surface area contributed by atoms with Gasteiger partial charge in [-0.15, -0.1) is 0 Å². The number of piperidine rings is 1. The standard InChI is InChI=1S/C22H26N4O2/c1-17(25-12-3-2-4-13-25)20-9-10-21(28-20)22(27)23-16-18-7-5-8-19(15-18)26-14-6-11-24-26/h5-11,14-15,17H,2-4,12-13,16H2,1H3,(H,23,27). The summed E-state index contributed by atoms with van der Waals surface area (Å²) in [5.74, 6) is 1.02. The third kappa shape index (κ3) is 4.17. The van der Waals surface area contributed by atoms with E-state index in [0.717, 1.165) is 30.1 Å². The largest absolute Gasteiger partial charge is 0.454 e. The normalized spacial score (nSPS) is 16.0. The van der Waals surface area contributed by atoms with E-state index in [0.29, 0.717) is 12.3 Å². The lowest BCUT2D eigenvalue weighted by atomic mass is 10.1. The van der Waals surface area contributed by atoms with Crippen molar-refractivity contribution >= 4 is 5.91 Å². The summed E-state index contributed by atoms with van der Waals surface area (Å²) in [6, 6.07) is 13.7. The van der Waals surface area contributed by atoms with Gasteiger partial charge in [0.25, 0.3) is 5.91 Å². The van der Waals surface area contributed by atoms with Crippen LogP contribution in [0.3, 0.4) is 0 Å². The van der Waals surface area contributed by atoms with E-state index < -0.39 is 0 Å². The Labute approximate surface area is 165 Å². The predicted molar refractivity (Wildman–Crippen MR) is 107 cm³/mol. The van der Waals surface area contributed by atoms with Crippen molar-refractivity contribution in [1.29, 1.82) is 0 Å². The molecule has 146 valence electrons. The maximum absolute atomic E-state index is 12.5. The van der Waals surface area contributed by atoms with Crippen molar-refractivity contribution in [1.82, 2.24) is 20.0 Å². The van der Waals surface area contributed by atoms with E-state index >= 15 is 0 Å². The number of benzene rings is 1. The zero-order valence-corrected chi connectivity index (χ0v) is 16.2. The lowest BCUT2D eigenvalue weighted by Gasteiger charge is -2.31. The third-order valence-electron chi connectivity index (χ3n) is 5.33. The number of nitrogens with one attached hydrogen (secondary N) is 1. The van der Waals surface area contributed by atoms with Gasteiger partial charge in [-0.2, -0.15) is 5.10 Å². The highest BCUT2D eigenvalue weighted by atomic mass is 16.4. The first-order valence-corrected chi connectivity index (χ1v) is 9.91. The molecule has 6 nitrogen and oxygen atoms in total. The van der Waals surface area contributed by atoms with Crippen LogP contribution >= 0.6 is 0 Å². The van der Waals surface area contributed by atoms with Crippen LogP contribution < -0.4 is 5.32 Å². The van der Waals surface area contributed by atoms with Gasteiger partial charge in [0.2, 0.25) is 0 Å². The Bertz CT molecular complexity index is 910. The van der Waals surface area contributed by atoms with Gasteiger partial charge in [0.05, 0.1) is 11.7 Å². The Balaban J connectivity index is 1.37. The van der Waals surface area contributed by atoms with Gasteiger partial charge < -0.3 is 9.73 Å². The van der Waals surface area contributed by atoms with Crippen LogP contribution in [0.15, 0.2) is 59.3 Å². The maximum Gasteiger partial charge on any atom is 0.287 e. The molecular weight excluding hydrogens is 352 g/mol. The quantitative estimate of drug-likeness (QED) is 0.706. The number of nitrogens with zero attached hydrogens (tertiary/aromatic N) is 3. The summed E-state index contributed by atoms with van der Waals surface area (Å²) >= 11 is 0. The van der Waals surface area contributed by atoms with E-state index in [2.05, 4.69) is 22.2 Å². The Morgan fingerprint density at radius 2 is 2.04 bits per heavy atom. The molecule has 6 heteroatoms. The molecule has 4 rings (SSSR count). The molecule has 1 aliphatic heterocycles. The number of rotatable bonds is 6. The minimum atomic E-state index is -0.193. The highest BCUT2D eigenvalue weighted by Gasteiger charge is 2.22. The summed E-state index contributed by atoms with van der Waals surface area (Å²) in [7, 11) is 0. The smallest absolute Gasteiger partial charge is 0.287 e. The molecule has 0 radical (unpaired) electrons. The van der Waals surface area contributed by atoms with E-state index in [1.165, 1.54) is 19.3 Å². The van der Waals surface area contributed by atoms with Gasteiger partial charge in [-0.3, -0.25) is 9.69 Å². The summed E-state index contributed by atoms with van der Waals surface area (Å²) in [6.45, 7) is 4.77. The van der Waals surface area contributed by atoms with Crippen LogP contribution in [-0.2, 0) is 6.54 Å². The van der Waals surface area contributed by atoms with Crippen LogP contribution in [0.2, 0.25) is 0 Å². The first-order valence-electron chi connectivity index (χ1n) is 9.91. The van der Waals surface area contributed by atoms with Crippen molar-refractivity contribution in [2.24, 2.45) is 0 Å². The second-order valence-corrected chi connectivity index (χ2v) is 7.28. The molecule has 0 saturated carbocycles. The van der Waals surface area contributed by atoms with Crippen LogP contribution in [-0.4, -0.2) is 33.7 Å². The fourth-order valence-corrected chi connectivity index (χ4v) is 3.68. The zero-order valence-electron chi connectivity index (χ0n) is 16.2. The number of amides is 1. The maximum atomic E-state index is 12.5. The van der Waals surface area contributed by atoms with Gasteiger partial charge in [0.1, 0.15) is 5.76 Å². The summed E-state index contributed by atoms with van der Waals surface area (Å²) < 4.78 is 7.66. The fourth-order valence-electron chi connectivity index (χ4n) is 3.68. The monoisotopic (exact) mass is 378 g/mol. The van der Waals surface area contributed by atoms with Crippen LogP contribution in [0.4, 0.5) is 0 Å².